The molecule has 2 bridgehead atoms. The molecule has 146 valence electrons. The molecule has 0 radical (unpaired) electrons. The SMILES string of the molecule is O=C(NCC12CCC(CC1)N2C(=O)[C@@H]1CC=CCC1)c1ccc2sncc2c1. The van der Waals surface area contributed by atoms with Gasteiger partial charge in [0.1, 0.15) is 0 Å². The van der Waals surface area contributed by atoms with E-state index < -0.39 is 0 Å². The first-order chi connectivity index (χ1) is 13.7. The molecule has 3 aliphatic rings. The van der Waals surface area contributed by atoms with Crippen molar-refractivity contribution >= 4 is 33.4 Å². The van der Waals surface area contributed by atoms with E-state index in [2.05, 4.69) is 26.7 Å². The van der Waals surface area contributed by atoms with Gasteiger partial charge in [-0.05, 0) is 74.7 Å². The van der Waals surface area contributed by atoms with E-state index in [1.165, 1.54) is 11.5 Å². The zero-order valence-electron chi connectivity index (χ0n) is 15.9. The Morgan fingerprint density at radius 1 is 1.21 bits per heavy atom. The quantitative estimate of drug-likeness (QED) is 0.799. The van der Waals surface area contributed by atoms with Crippen LogP contribution in [0.4, 0.5) is 0 Å². The van der Waals surface area contributed by atoms with Crippen molar-refractivity contribution in [3.05, 3.63) is 42.1 Å². The Labute approximate surface area is 169 Å². The highest BCUT2D eigenvalue weighted by Gasteiger charge is 2.54. The lowest BCUT2D eigenvalue weighted by molar-refractivity contribution is -0.140. The predicted molar refractivity (Wildman–Crippen MR) is 110 cm³/mol. The van der Waals surface area contributed by atoms with Gasteiger partial charge in [-0.2, -0.15) is 4.37 Å². The zero-order valence-corrected chi connectivity index (χ0v) is 16.7. The van der Waals surface area contributed by atoms with Crippen LogP contribution in [0.15, 0.2) is 36.5 Å². The van der Waals surface area contributed by atoms with Crippen molar-refractivity contribution in [3.63, 3.8) is 0 Å². The van der Waals surface area contributed by atoms with Crippen molar-refractivity contribution in [1.29, 1.82) is 0 Å². The van der Waals surface area contributed by atoms with Gasteiger partial charge in [-0.25, -0.2) is 0 Å². The van der Waals surface area contributed by atoms with E-state index in [1.54, 1.807) is 6.20 Å². The van der Waals surface area contributed by atoms with Crippen LogP contribution < -0.4 is 5.32 Å². The van der Waals surface area contributed by atoms with E-state index in [0.29, 0.717) is 24.1 Å². The molecule has 5 rings (SSSR count). The predicted octanol–water partition coefficient (Wildman–Crippen LogP) is 3.91. The van der Waals surface area contributed by atoms with E-state index in [1.807, 2.05) is 18.2 Å². The number of amides is 2. The number of rotatable bonds is 4. The Balaban J connectivity index is 1.31. The molecule has 0 saturated carbocycles. The van der Waals surface area contributed by atoms with Crippen molar-refractivity contribution < 1.29 is 9.59 Å². The van der Waals surface area contributed by atoms with Crippen LogP contribution in [0.2, 0.25) is 0 Å². The second kappa shape index (κ2) is 6.99. The van der Waals surface area contributed by atoms with Crippen molar-refractivity contribution in [2.24, 2.45) is 5.92 Å². The lowest BCUT2D eigenvalue weighted by Gasteiger charge is -2.37. The van der Waals surface area contributed by atoms with Crippen LogP contribution in [-0.4, -0.2) is 39.2 Å². The van der Waals surface area contributed by atoms with Crippen LogP contribution in [0.5, 0.6) is 0 Å². The van der Waals surface area contributed by atoms with Crippen LogP contribution in [0.3, 0.4) is 0 Å². The van der Waals surface area contributed by atoms with Gasteiger partial charge < -0.3 is 10.2 Å². The number of nitrogens with zero attached hydrogens (tertiary/aromatic N) is 2. The first kappa shape index (κ1) is 17.9. The molecule has 1 aromatic heterocycles. The first-order valence-corrected chi connectivity index (χ1v) is 11.0. The van der Waals surface area contributed by atoms with Crippen LogP contribution in [0.1, 0.15) is 55.3 Å². The fraction of sp³-hybridized carbons (Fsp3) is 0.500. The maximum atomic E-state index is 13.3. The average molecular weight is 396 g/mol. The lowest BCUT2D eigenvalue weighted by Crippen LogP contribution is -2.53. The Morgan fingerprint density at radius 3 is 2.86 bits per heavy atom. The van der Waals surface area contributed by atoms with Crippen LogP contribution >= 0.6 is 11.5 Å². The van der Waals surface area contributed by atoms with Gasteiger partial charge in [-0.1, -0.05) is 12.2 Å². The fourth-order valence-electron chi connectivity index (χ4n) is 5.28. The summed E-state index contributed by atoms with van der Waals surface area (Å²) in [6.45, 7) is 0.552. The molecule has 2 fully saturated rings. The molecule has 1 atom stereocenters. The van der Waals surface area contributed by atoms with E-state index >= 15 is 0 Å². The molecular weight excluding hydrogens is 370 g/mol. The van der Waals surface area contributed by atoms with E-state index in [-0.39, 0.29) is 17.4 Å². The monoisotopic (exact) mass is 395 g/mol. The summed E-state index contributed by atoms with van der Waals surface area (Å²) in [6.07, 6.45) is 13.1. The molecule has 28 heavy (non-hydrogen) atoms. The fourth-order valence-corrected chi connectivity index (χ4v) is 5.90. The summed E-state index contributed by atoms with van der Waals surface area (Å²) in [7, 11) is 0. The van der Waals surface area contributed by atoms with Crippen molar-refractivity contribution in [1.82, 2.24) is 14.6 Å². The number of carbonyl (C=O) groups is 2. The summed E-state index contributed by atoms with van der Waals surface area (Å²) >= 11 is 1.44. The normalized spacial score (nSPS) is 28.8. The van der Waals surface area contributed by atoms with Crippen molar-refractivity contribution in [2.45, 2.75) is 56.5 Å². The maximum absolute atomic E-state index is 13.3. The number of aromatic nitrogens is 1. The van der Waals surface area contributed by atoms with Gasteiger partial charge in [0.25, 0.3) is 5.91 Å². The second-order valence-electron chi connectivity index (χ2n) is 8.41. The minimum absolute atomic E-state index is 0.0641. The summed E-state index contributed by atoms with van der Waals surface area (Å²) in [5.41, 5.74) is 0.471. The van der Waals surface area contributed by atoms with Gasteiger partial charge in [-0.3, -0.25) is 9.59 Å². The zero-order chi connectivity index (χ0) is 19.1. The third kappa shape index (κ3) is 2.94. The Kier molecular flexibility index (Phi) is 4.46. The summed E-state index contributed by atoms with van der Waals surface area (Å²) in [6, 6.07) is 6.07. The van der Waals surface area contributed by atoms with E-state index in [9.17, 15) is 9.59 Å². The topological polar surface area (TPSA) is 62.3 Å². The molecule has 2 aliphatic heterocycles. The summed E-state index contributed by atoms with van der Waals surface area (Å²) in [4.78, 5) is 28.2. The van der Waals surface area contributed by atoms with E-state index in [0.717, 1.165) is 55.0 Å². The molecule has 3 heterocycles. The Bertz CT molecular complexity index is 942. The van der Waals surface area contributed by atoms with Gasteiger partial charge in [0.05, 0.1) is 10.2 Å². The van der Waals surface area contributed by atoms with Crippen LogP contribution in [-0.2, 0) is 4.79 Å². The first-order valence-electron chi connectivity index (χ1n) is 10.3. The van der Waals surface area contributed by atoms with Gasteiger partial charge >= 0.3 is 0 Å². The minimum atomic E-state index is -0.188. The third-order valence-electron chi connectivity index (χ3n) is 6.81. The smallest absolute Gasteiger partial charge is 0.251 e. The highest BCUT2D eigenvalue weighted by molar-refractivity contribution is 7.13. The molecule has 2 amide bonds. The largest absolute Gasteiger partial charge is 0.350 e. The lowest BCUT2D eigenvalue weighted by atomic mass is 9.86. The highest BCUT2D eigenvalue weighted by atomic mass is 32.1. The van der Waals surface area contributed by atoms with Crippen molar-refractivity contribution in [3.8, 4) is 0 Å². The number of nitrogens with one attached hydrogen (secondary N) is 1. The van der Waals surface area contributed by atoms with Crippen molar-refractivity contribution in [2.75, 3.05) is 6.54 Å². The van der Waals surface area contributed by atoms with E-state index in [4.69, 9.17) is 0 Å². The Morgan fingerprint density at radius 2 is 2.07 bits per heavy atom. The molecule has 1 aromatic carbocycles. The van der Waals surface area contributed by atoms with Gasteiger partial charge in [-0.15, -0.1) is 0 Å². The molecule has 5 nitrogen and oxygen atoms in total. The maximum Gasteiger partial charge on any atom is 0.251 e. The van der Waals surface area contributed by atoms with Gasteiger partial charge in [0.2, 0.25) is 5.91 Å². The molecule has 0 spiro atoms. The standard InChI is InChI=1S/C22H25N3O2S/c26-20(16-6-7-19-17(12-16)13-24-28-19)23-14-22-10-8-18(9-11-22)25(22)21(27)15-4-2-1-3-5-15/h1-2,6-7,12-13,15,18H,3-5,8-11,14H2,(H,23,26)/t15-,18?,22?/m1/s1. The number of hydrogen-bond acceptors (Lipinski definition) is 4. The summed E-state index contributed by atoms with van der Waals surface area (Å²) in [5.74, 6) is 0.363. The van der Waals surface area contributed by atoms with Crippen LogP contribution in [0.25, 0.3) is 10.1 Å². The molecule has 2 saturated heterocycles. The molecule has 1 N–H and O–H groups in total. The molecule has 0 unspecified atom stereocenters. The highest BCUT2D eigenvalue weighted by Crippen LogP contribution is 2.47. The number of allylic oxidation sites excluding steroid dienone is 2. The summed E-state index contributed by atoms with van der Waals surface area (Å²) in [5, 5.41) is 4.14. The third-order valence-corrected chi connectivity index (χ3v) is 7.59. The molecule has 1 aliphatic carbocycles. The second-order valence-corrected chi connectivity index (χ2v) is 9.24. The number of fused-ring (bicyclic) bond motifs is 3. The average Bonchev–Trinajstić information content (AvgIpc) is 3.45. The number of benzene rings is 1. The molecule has 6 heteroatoms. The van der Waals surface area contributed by atoms with Gasteiger partial charge in [0.15, 0.2) is 0 Å². The summed E-state index contributed by atoms with van der Waals surface area (Å²) < 4.78 is 5.26. The molecule has 2 aromatic rings. The van der Waals surface area contributed by atoms with Crippen LogP contribution in [0, 0.1) is 5.92 Å². The minimum Gasteiger partial charge on any atom is -0.350 e. The number of hydrogen-bond donors (Lipinski definition) is 1. The number of carbonyl (C=O) groups excluding carboxylic acids is 2. The Hall–Kier alpha value is -2.21. The molecular formula is C22H25N3O2S. The van der Waals surface area contributed by atoms with Gasteiger partial charge in [0, 0.05) is 35.7 Å².